The number of hydrogen-bond acceptors (Lipinski definition) is 2. The van der Waals surface area contributed by atoms with Crippen LogP contribution in [-0.2, 0) is 6.54 Å². The number of rotatable bonds is 5. The van der Waals surface area contributed by atoms with Gasteiger partial charge in [0.05, 0.1) is 0 Å². The van der Waals surface area contributed by atoms with Crippen molar-refractivity contribution in [3.8, 4) is 11.5 Å². The molecule has 0 saturated carbocycles. The molecule has 2 aromatic rings. The summed E-state index contributed by atoms with van der Waals surface area (Å²) >= 11 is 5.99. The summed E-state index contributed by atoms with van der Waals surface area (Å²) in [6, 6.07) is 13.8. The first-order valence-corrected chi connectivity index (χ1v) is 6.80. The summed E-state index contributed by atoms with van der Waals surface area (Å²) in [7, 11) is 0. The summed E-state index contributed by atoms with van der Waals surface area (Å²) in [5, 5.41) is 4.05. The third-order valence-corrected chi connectivity index (χ3v) is 3.29. The first kappa shape index (κ1) is 13.9. The van der Waals surface area contributed by atoms with Crippen molar-refractivity contribution in [2.45, 2.75) is 20.4 Å². The van der Waals surface area contributed by atoms with Crippen LogP contribution >= 0.6 is 11.6 Å². The van der Waals surface area contributed by atoms with Gasteiger partial charge in [-0.1, -0.05) is 30.7 Å². The summed E-state index contributed by atoms with van der Waals surface area (Å²) in [5.41, 5.74) is 2.27. The van der Waals surface area contributed by atoms with Crippen molar-refractivity contribution in [3.63, 3.8) is 0 Å². The van der Waals surface area contributed by atoms with Gasteiger partial charge in [-0.15, -0.1) is 0 Å². The molecular weight excluding hydrogens is 258 g/mol. The smallest absolute Gasteiger partial charge is 0.127 e. The van der Waals surface area contributed by atoms with E-state index in [4.69, 9.17) is 16.3 Å². The zero-order chi connectivity index (χ0) is 13.7. The molecule has 100 valence electrons. The predicted octanol–water partition coefficient (Wildman–Crippen LogP) is 4.55. The second-order valence-electron chi connectivity index (χ2n) is 4.44. The normalized spacial score (nSPS) is 10.5. The molecule has 0 heterocycles. The number of halogens is 1. The highest BCUT2D eigenvalue weighted by atomic mass is 35.5. The minimum atomic E-state index is 0.758. The quantitative estimate of drug-likeness (QED) is 0.864. The van der Waals surface area contributed by atoms with E-state index in [-0.39, 0.29) is 0 Å². The van der Waals surface area contributed by atoms with Crippen LogP contribution in [0.3, 0.4) is 0 Å². The topological polar surface area (TPSA) is 21.3 Å². The molecule has 0 aliphatic carbocycles. The molecule has 2 rings (SSSR count). The Bertz CT molecular complexity index is 537. The van der Waals surface area contributed by atoms with E-state index in [1.54, 1.807) is 0 Å². The number of hydrogen-bond donors (Lipinski definition) is 1. The Balaban J connectivity index is 2.04. The van der Waals surface area contributed by atoms with Crippen LogP contribution in [0, 0.1) is 6.92 Å². The lowest BCUT2D eigenvalue weighted by Crippen LogP contribution is -2.11. The predicted molar refractivity (Wildman–Crippen MR) is 80.1 cm³/mol. The zero-order valence-electron chi connectivity index (χ0n) is 11.2. The molecule has 0 spiro atoms. The molecule has 0 atom stereocenters. The summed E-state index contributed by atoms with van der Waals surface area (Å²) in [6.07, 6.45) is 0. The molecule has 0 aromatic heterocycles. The lowest BCUT2D eigenvalue weighted by atomic mass is 10.2. The lowest BCUT2D eigenvalue weighted by Gasteiger charge is -2.08. The molecule has 0 aliphatic heterocycles. The second-order valence-corrected chi connectivity index (χ2v) is 4.84. The fraction of sp³-hybridized carbons (Fsp3) is 0.250. The van der Waals surface area contributed by atoms with E-state index in [0.717, 1.165) is 35.2 Å². The van der Waals surface area contributed by atoms with Crippen LogP contribution in [0.4, 0.5) is 0 Å². The lowest BCUT2D eigenvalue weighted by molar-refractivity contribution is 0.482. The first-order valence-electron chi connectivity index (χ1n) is 6.42. The zero-order valence-corrected chi connectivity index (χ0v) is 12.0. The van der Waals surface area contributed by atoms with Crippen molar-refractivity contribution < 1.29 is 4.74 Å². The Morgan fingerprint density at radius 2 is 1.74 bits per heavy atom. The Labute approximate surface area is 119 Å². The van der Waals surface area contributed by atoms with Crippen molar-refractivity contribution >= 4 is 11.6 Å². The van der Waals surface area contributed by atoms with E-state index in [1.807, 2.05) is 37.3 Å². The molecule has 0 saturated heterocycles. The molecule has 0 aliphatic rings. The maximum Gasteiger partial charge on any atom is 0.127 e. The first-order chi connectivity index (χ1) is 9.19. The average Bonchev–Trinajstić information content (AvgIpc) is 2.42. The van der Waals surface area contributed by atoms with Gasteiger partial charge in [-0.05, 0) is 54.9 Å². The van der Waals surface area contributed by atoms with Crippen LogP contribution in [0.2, 0.25) is 5.02 Å². The van der Waals surface area contributed by atoms with E-state index >= 15 is 0 Å². The van der Waals surface area contributed by atoms with Gasteiger partial charge in [-0.25, -0.2) is 0 Å². The molecule has 2 aromatic carbocycles. The van der Waals surface area contributed by atoms with Crippen LogP contribution in [-0.4, -0.2) is 6.54 Å². The minimum absolute atomic E-state index is 0.758. The summed E-state index contributed by atoms with van der Waals surface area (Å²) in [4.78, 5) is 0. The maximum absolute atomic E-state index is 5.99. The van der Waals surface area contributed by atoms with Gasteiger partial charge < -0.3 is 10.1 Å². The fourth-order valence-corrected chi connectivity index (χ4v) is 1.88. The molecule has 1 N–H and O–H groups in total. The maximum atomic E-state index is 5.99. The van der Waals surface area contributed by atoms with Crippen molar-refractivity contribution in [2.75, 3.05) is 6.54 Å². The monoisotopic (exact) mass is 275 g/mol. The third-order valence-electron chi connectivity index (χ3n) is 2.87. The van der Waals surface area contributed by atoms with Gasteiger partial charge in [0.25, 0.3) is 0 Å². The van der Waals surface area contributed by atoms with Crippen LogP contribution in [0.25, 0.3) is 0 Å². The fourth-order valence-electron chi connectivity index (χ4n) is 1.76. The largest absolute Gasteiger partial charge is 0.457 e. The van der Waals surface area contributed by atoms with Crippen molar-refractivity contribution in [1.29, 1.82) is 0 Å². The van der Waals surface area contributed by atoms with Gasteiger partial charge in [0, 0.05) is 11.6 Å². The standard InChI is InChI=1S/C16H18ClNO/c1-3-18-11-13-4-6-14(7-5-13)19-15-8-9-16(17)12(2)10-15/h4-10,18H,3,11H2,1-2H3. The molecule has 0 bridgehead atoms. The van der Waals surface area contributed by atoms with E-state index in [9.17, 15) is 0 Å². The molecule has 3 heteroatoms. The summed E-state index contributed by atoms with van der Waals surface area (Å²) < 4.78 is 5.79. The van der Waals surface area contributed by atoms with Crippen molar-refractivity contribution in [1.82, 2.24) is 5.32 Å². The van der Waals surface area contributed by atoms with E-state index in [2.05, 4.69) is 24.4 Å². The van der Waals surface area contributed by atoms with Gasteiger partial charge in [-0.2, -0.15) is 0 Å². The highest BCUT2D eigenvalue weighted by molar-refractivity contribution is 6.31. The van der Waals surface area contributed by atoms with Crippen LogP contribution in [0.5, 0.6) is 11.5 Å². The Morgan fingerprint density at radius 3 is 2.37 bits per heavy atom. The Kier molecular flexibility index (Phi) is 4.83. The molecule has 2 nitrogen and oxygen atoms in total. The highest BCUT2D eigenvalue weighted by Crippen LogP contribution is 2.26. The molecular formula is C16H18ClNO. The average molecular weight is 276 g/mol. The van der Waals surface area contributed by atoms with Crippen molar-refractivity contribution in [3.05, 3.63) is 58.6 Å². The molecule has 19 heavy (non-hydrogen) atoms. The van der Waals surface area contributed by atoms with Crippen LogP contribution < -0.4 is 10.1 Å². The highest BCUT2D eigenvalue weighted by Gasteiger charge is 2.01. The van der Waals surface area contributed by atoms with Gasteiger partial charge in [0.15, 0.2) is 0 Å². The molecule has 0 unspecified atom stereocenters. The van der Waals surface area contributed by atoms with Gasteiger partial charge in [0.1, 0.15) is 11.5 Å². The van der Waals surface area contributed by atoms with Crippen LogP contribution in [0.15, 0.2) is 42.5 Å². The van der Waals surface area contributed by atoms with Gasteiger partial charge in [0.2, 0.25) is 0 Å². The van der Waals surface area contributed by atoms with E-state index in [0.29, 0.717) is 0 Å². The van der Waals surface area contributed by atoms with Crippen molar-refractivity contribution in [2.24, 2.45) is 0 Å². The SMILES string of the molecule is CCNCc1ccc(Oc2ccc(Cl)c(C)c2)cc1. The number of nitrogens with one attached hydrogen (secondary N) is 1. The molecule has 0 radical (unpaired) electrons. The number of benzene rings is 2. The third kappa shape index (κ3) is 3.98. The summed E-state index contributed by atoms with van der Waals surface area (Å²) in [5.74, 6) is 1.64. The van der Waals surface area contributed by atoms with Crippen LogP contribution in [0.1, 0.15) is 18.1 Å². The van der Waals surface area contributed by atoms with Gasteiger partial charge in [-0.3, -0.25) is 0 Å². The second kappa shape index (κ2) is 6.60. The Hall–Kier alpha value is -1.51. The summed E-state index contributed by atoms with van der Waals surface area (Å²) in [6.45, 7) is 5.92. The minimum Gasteiger partial charge on any atom is -0.457 e. The molecule has 0 fully saturated rings. The van der Waals surface area contributed by atoms with E-state index < -0.39 is 0 Å². The number of aryl methyl sites for hydroxylation is 1. The Morgan fingerprint density at radius 1 is 1.05 bits per heavy atom. The number of ether oxygens (including phenoxy) is 1. The van der Waals surface area contributed by atoms with Gasteiger partial charge >= 0.3 is 0 Å². The molecule has 0 amide bonds. The van der Waals surface area contributed by atoms with E-state index in [1.165, 1.54) is 5.56 Å².